The lowest BCUT2D eigenvalue weighted by molar-refractivity contribution is 0.475. The van der Waals surface area contributed by atoms with Gasteiger partial charge >= 0.3 is 0 Å². The predicted molar refractivity (Wildman–Crippen MR) is 66.4 cm³/mol. The molecule has 1 N–H and O–H groups in total. The minimum absolute atomic E-state index is 0.300. The zero-order valence-corrected chi connectivity index (χ0v) is 9.71. The van der Waals surface area contributed by atoms with Crippen LogP contribution in [-0.4, -0.2) is 14.7 Å². The van der Waals surface area contributed by atoms with Gasteiger partial charge < -0.3 is 9.67 Å². The highest BCUT2D eigenvalue weighted by molar-refractivity contribution is 5.39. The van der Waals surface area contributed by atoms with Crippen molar-refractivity contribution in [2.45, 2.75) is 31.6 Å². The first-order chi connectivity index (χ1) is 8.34. The normalized spacial score (nSPS) is 16.5. The first-order valence-corrected chi connectivity index (χ1v) is 6.17. The number of phenolic OH excluding ortho intramolecular Hbond substituents is 1. The van der Waals surface area contributed by atoms with E-state index in [2.05, 4.69) is 9.55 Å². The molecule has 1 aliphatic carbocycles. The van der Waals surface area contributed by atoms with E-state index in [-0.39, 0.29) is 0 Å². The summed E-state index contributed by atoms with van der Waals surface area (Å²) in [4.78, 5) is 4.49. The molecule has 0 spiro atoms. The van der Waals surface area contributed by atoms with Crippen LogP contribution in [-0.2, 0) is 0 Å². The largest absolute Gasteiger partial charge is 0.508 e. The summed E-state index contributed by atoms with van der Waals surface area (Å²) in [7, 11) is 0. The molecule has 3 rings (SSSR count). The summed E-state index contributed by atoms with van der Waals surface area (Å²) < 4.78 is 2.09. The zero-order chi connectivity index (χ0) is 11.7. The van der Waals surface area contributed by atoms with E-state index in [0.29, 0.717) is 11.7 Å². The number of hydrogen-bond donors (Lipinski definition) is 1. The van der Waals surface area contributed by atoms with Gasteiger partial charge in [0.15, 0.2) is 0 Å². The van der Waals surface area contributed by atoms with Crippen molar-refractivity contribution in [3.05, 3.63) is 42.5 Å². The van der Waals surface area contributed by atoms with Gasteiger partial charge in [0.25, 0.3) is 0 Å². The minimum atomic E-state index is 0.300. The summed E-state index contributed by atoms with van der Waals surface area (Å²) in [6.07, 6.45) is 8.89. The molecule has 0 saturated heterocycles. The first kappa shape index (κ1) is 10.4. The molecule has 1 aliphatic rings. The molecule has 0 atom stereocenters. The lowest BCUT2D eigenvalue weighted by Crippen LogP contribution is -2.04. The van der Waals surface area contributed by atoms with Crippen LogP contribution in [0.2, 0.25) is 0 Å². The van der Waals surface area contributed by atoms with Gasteiger partial charge in [0.05, 0.1) is 5.69 Å². The number of nitrogens with zero attached hydrogens (tertiary/aromatic N) is 2. The highest BCUT2D eigenvalue weighted by Gasteiger charge is 2.21. The second-order valence-electron chi connectivity index (χ2n) is 4.66. The van der Waals surface area contributed by atoms with E-state index >= 15 is 0 Å². The molecule has 0 radical (unpaired) electrons. The Hall–Kier alpha value is -1.77. The number of hydrogen-bond acceptors (Lipinski definition) is 2. The Labute approximate surface area is 101 Å². The molecule has 0 unspecified atom stereocenters. The van der Waals surface area contributed by atoms with E-state index in [9.17, 15) is 5.11 Å². The van der Waals surface area contributed by atoms with Crippen molar-refractivity contribution in [2.75, 3.05) is 0 Å². The number of rotatable bonds is 2. The minimum Gasteiger partial charge on any atom is -0.508 e. The summed E-state index contributed by atoms with van der Waals surface area (Å²) >= 11 is 0. The van der Waals surface area contributed by atoms with Crippen LogP contribution in [0.4, 0.5) is 0 Å². The Morgan fingerprint density at radius 2 is 2.06 bits per heavy atom. The number of aromatic hydroxyl groups is 1. The van der Waals surface area contributed by atoms with Crippen LogP contribution >= 0.6 is 0 Å². The third kappa shape index (κ3) is 1.93. The van der Waals surface area contributed by atoms with Crippen LogP contribution in [0.5, 0.6) is 5.75 Å². The van der Waals surface area contributed by atoms with E-state index in [1.165, 1.54) is 25.7 Å². The summed E-state index contributed by atoms with van der Waals surface area (Å²) in [5.74, 6) is 2.01. The summed E-state index contributed by atoms with van der Waals surface area (Å²) in [6.45, 7) is 0. The molecule has 0 bridgehead atoms. The molecular weight excluding hydrogens is 212 g/mol. The molecule has 0 amide bonds. The molecule has 3 heteroatoms. The molecular formula is C14H16N2O. The van der Waals surface area contributed by atoms with Crippen molar-refractivity contribution in [3.8, 4) is 11.4 Å². The molecule has 1 aromatic heterocycles. The standard InChI is InChI=1S/C14H16N2O/c17-13-7-3-6-12(10-13)16-9-8-15-14(16)11-4-1-2-5-11/h3,6-11,17H,1-2,4-5H2. The lowest BCUT2D eigenvalue weighted by atomic mass is 10.1. The second kappa shape index (κ2) is 4.24. The summed E-state index contributed by atoms with van der Waals surface area (Å²) in [5.41, 5.74) is 0.990. The maximum atomic E-state index is 9.53. The van der Waals surface area contributed by atoms with Gasteiger partial charge in [-0.3, -0.25) is 0 Å². The monoisotopic (exact) mass is 228 g/mol. The van der Waals surface area contributed by atoms with Gasteiger partial charge in [-0.25, -0.2) is 4.98 Å². The van der Waals surface area contributed by atoms with Gasteiger partial charge in [-0.1, -0.05) is 18.9 Å². The van der Waals surface area contributed by atoms with Crippen LogP contribution in [0.15, 0.2) is 36.7 Å². The van der Waals surface area contributed by atoms with E-state index in [0.717, 1.165) is 11.5 Å². The smallest absolute Gasteiger partial charge is 0.117 e. The van der Waals surface area contributed by atoms with Crippen molar-refractivity contribution in [2.24, 2.45) is 0 Å². The summed E-state index contributed by atoms with van der Waals surface area (Å²) in [5, 5.41) is 9.53. The van der Waals surface area contributed by atoms with E-state index in [1.807, 2.05) is 24.5 Å². The van der Waals surface area contributed by atoms with Crippen LogP contribution in [0.25, 0.3) is 5.69 Å². The molecule has 1 saturated carbocycles. The van der Waals surface area contributed by atoms with E-state index in [1.54, 1.807) is 12.1 Å². The fraction of sp³-hybridized carbons (Fsp3) is 0.357. The van der Waals surface area contributed by atoms with Crippen molar-refractivity contribution >= 4 is 0 Å². The molecule has 88 valence electrons. The number of aromatic nitrogens is 2. The van der Waals surface area contributed by atoms with Crippen LogP contribution in [0, 0.1) is 0 Å². The van der Waals surface area contributed by atoms with E-state index < -0.39 is 0 Å². The summed E-state index contributed by atoms with van der Waals surface area (Å²) in [6, 6.07) is 7.33. The quantitative estimate of drug-likeness (QED) is 0.856. The molecule has 3 nitrogen and oxygen atoms in total. The van der Waals surface area contributed by atoms with Gasteiger partial charge in [0.2, 0.25) is 0 Å². The molecule has 1 heterocycles. The fourth-order valence-corrected chi connectivity index (χ4v) is 2.66. The van der Waals surface area contributed by atoms with E-state index in [4.69, 9.17) is 0 Å². The predicted octanol–water partition coefficient (Wildman–Crippen LogP) is 3.24. The Morgan fingerprint density at radius 1 is 1.24 bits per heavy atom. The van der Waals surface area contributed by atoms with Crippen LogP contribution in [0.1, 0.15) is 37.4 Å². The van der Waals surface area contributed by atoms with Crippen molar-refractivity contribution in [1.29, 1.82) is 0 Å². The molecule has 0 aliphatic heterocycles. The zero-order valence-electron chi connectivity index (χ0n) is 9.71. The third-order valence-electron chi connectivity index (χ3n) is 3.50. The SMILES string of the molecule is Oc1cccc(-n2ccnc2C2CCCC2)c1. The maximum absolute atomic E-state index is 9.53. The molecule has 2 aromatic rings. The maximum Gasteiger partial charge on any atom is 0.117 e. The highest BCUT2D eigenvalue weighted by atomic mass is 16.3. The van der Waals surface area contributed by atoms with Crippen molar-refractivity contribution in [1.82, 2.24) is 9.55 Å². The Balaban J connectivity index is 2.00. The number of phenols is 1. The van der Waals surface area contributed by atoms with Crippen molar-refractivity contribution < 1.29 is 5.11 Å². The average molecular weight is 228 g/mol. The molecule has 1 aromatic carbocycles. The van der Waals surface area contributed by atoms with Gasteiger partial charge in [0, 0.05) is 24.4 Å². The van der Waals surface area contributed by atoms with Gasteiger partial charge in [-0.2, -0.15) is 0 Å². The first-order valence-electron chi connectivity index (χ1n) is 6.17. The topological polar surface area (TPSA) is 38.0 Å². The molecule has 17 heavy (non-hydrogen) atoms. The second-order valence-corrected chi connectivity index (χ2v) is 4.66. The van der Waals surface area contributed by atoms with Crippen LogP contribution in [0.3, 0.4) is 0 Å². The number of imidazole rings is 1. The fourth-order valence-electron chi connectivity index (χ4n) is 2.66. The molecule has 1 fully saturated rings. The Kier molecular flexibility index (Phi) is 2.59. The number of benzene rings is 1. The van der Waals surface area contributed by atoms with Crippen LogP contribution < -0.4 is 0 Å². The third-order valence-corrected chi connectivity index (χ3v) is 3.50. The Morgan fingerprint density at radius 3 is 2.82 bits per heavy atom. The Bertz CT molecular complexity index is 512. The van der Waals surface area contributed by atoms with Gasteiger partial charge in [-0.05, 0) is 25.0 Å². The van der Waals surface area contributed by atoms with Crippen molar-refractivity contribution in [3.63, 3.8) is 0 Å². The lowest BCUT2D eigenvalue weighted by Gasteiger charge is -2.12. The van der Waals surface area contributed by atoms with Gasteiger partial charge in [0.1, 0.15) is 11.6 Å². The average Bonchev–Trinajstić information content (AvgIpc) is 3.00. The highest BCUT2D eigenvalue weighted by Crippen LogP contribution is 2.34. The van der Waals surface area contributed by atoms with Gasteiger partial charge in [-0.15, -0.1) is 0 Å².